The van der Waals surface area contributed by atoms with Crippen LogP contribution in [0.2, 0.25) is 0 Å². The molecule has 0 saturated carbocycles. The molecule has 8 heteroatoms. The van der Waals surface area contributed by atoms with Crippen LogP contribution in [0, 0.1) is 11.6 Å². The molecular weight excluding hydrogens is 320 g/mol. The number of aromatic nitrogens is 2. The zero-order chi connectivity index (χ0) is 17.7. The van der Waals surface area contributed by atoms with Crippen molar-refractivity contribution in [3.63, 3.8) is 0 Å². The lowest BCUT2D eigenvalue weighted by molar-refractivity contribution is -0.137. The number of aliphatic carboxylic acids is 1. The van der Waals surface area contributed by atoms with E-state index in [1.165, 1.54) is 17.2 Å². The van der Waals surface area contributed by atoms with Crippen LogP contribution < -0.4 is 0 Å². The molecule has 1 aromatic carbocycles. The van der Waals surface area contributed by atoms with Gasteiger partial charge in [-0.25, -0.2) is 8.78 Å². The predicted octanol–water partition coefficient (Wildman–Crippen LogP) is 2.30. The molecule has 0 aliphatic carbocycles. The van der Waals surface area contributed by atoms with Crippen LogP contribution in [-0.2, 0) is 17.9 Å². The average molecular weight is 337 g/mol. The summed E-state index contributed by atoms with van der Waals surface area (Å²) in [4.78, 5) is 24.6. The van der Waals surface area contributed by atoms with E-state index in [0.29, 0.717) is 17.7 Å². The van der Waals surface area contributed by atoms with Crippen molar-refractivity contribution in [1.82, 2.24) is 14.7 Å². The fourth-order valence-electron chi connectivity index (χ4n) is 2.17. The first-order chi connectivity index (χ1) is 11.4. The van der Waals surface area contributed by atoms with Gasteiger partial charge in [-0.15, -0.1) is 0 Å². The molecule has 0 atom stereocenters. The Morgan fingerprint density at radius 3 is 2.62 bits per heavy atom. The molecule has 24 heavy (non-hydrogen) atoms. The Morgan fingerprint density at radius 1 is 1.29 bits per heavy atom. The first-order valence-electron chi connectivity index (χ1n) is 7.38. The van der Waals surface area contributed by atoms with E-state index in [1.54, 1.807) is 10.9 Å². The number of carboxylic acids is 1. The molecule has 2 aromatic rings. The zero-order valence-corrected chi connectivity index (χ0v) is 13.1. The normalized spacial score (nSPS) is 10.6. The molecule has 2 rings (SSSR count). The lowest BCUT2D eigenvalue weighted by atomic mass is 10.1. The van der Waals surface area contributed by atoms with Crippen molar-refractivity contribution >= 4 is 11.9 Å². The Hall–Kier alpha value is -2.77. The van der Waals surface area contributed by atoms with Crippen molar-refractivity contribution in [2.75, 3.05) is 6.54 Å². The highest BCUT2D eigenvalue weighted by Crippen LogP contribution is 2.14. The summed E-state index contributed by atoms with van der Waals surface area (Å²) in [7, 11) is 0. The minimum absolute atomic E-state index is 0.0272. The van der Waals surface area contributed by atoms with Crippen molar-refractivity contribution < 1.29 is 23.5 Å². The van der Waals surface area contributed by atoms with Gasteiger partial charge in [-0.05, 0) is 24.6 Å². The maximum atomic E-state index is 13.3. The summed E-state index contributed by atoms with van der Waals surface area (Å²) < 4.78 is 27.9. The van der Waals surface area contributed by atoms with Gasteiger partial charge in [0.25, 0.3) is 5.91 Å². The molecule has 0 aliphatic rings. The van der Waals surface area contributed by atoms with Crippen LogP contribution in [0.1, 0.15) is 29.3 Å². The molecule has 6 nitrogen and oxygen atoms in total. The molecule has 1 heterocycles. The number of carboxylic acid groups (broad SMARTS) is 1. The number of carbonyl (C=O) groups is 2. The average Bonchev–Trinajstić information content (AvgIpc) is 3.03. The summed E-state index contributed by atoms with van der Waals surface area (Å²) >= 11 is 0. The third kappa shape index (κ3) is 4.37. The van der Waals surface area contributed by atoms with Gasteiger partial charge in [-0.1, -0.05) is 6.07 Å². The van der Waals surface area contributed by atoms with E-state index < -0.39 is 23.5 Å². The SMILES string of the molecule is CCn1cc(C(=O)N(CCC(=O)O)Cc2ccc(F)c(F)c2)cn1. The van der Waals surface area contributed by atoms with Crippen LogP contribution in [0.15, 0.2) is 30.6 Å². The number of nitrogens with zero attached hydrogens (tertiary/aromatic N) is 3. The van der Waals surface area contributed by atoms with Crippen LogP contribution >= 0.6 is 0 Å². The van der Waals surface area contributed by atoms with Crippen molar-refractivity contribution in [3.8, 4) is 0 Å². The van der Waals surface area contributed by atoms with Gasteiger partial charge in [-0.2, -0.15) is 5.10 Å². The molecule has 0 saturated heterocycles. The number of rotatable bonds is 7. The summed E-state index contributed by atoms with van der Waals surface area (Å²) in [5.74, 6) is -3.47. The number of aryl methyl sites for hydroxylation is 1. The minimum Gasteiger partial charge on any atom is -0.481 e. The molecule has 1 aromatic heterocycles. The zero-order valence-electron chi connectivity index (χ0n) is 13.1. The number of benzene rings is 1. The summed E-state index contributed by atoms with van der Waals surface area (Å²) in [6.07, 6.45) is 2.70. The lowest BCUT2D eigenvalue weighted by Gasteiger charge is -2.21. The van der Waals surface area contributed by atoms with Gasteiger partial charge in [0.2, 0.25) is 0 Å². The van der Waals surface area contributed by atoms with Crippen LogP contribution in [0.5, 0.6) is 0 Å². The quantitative estimate of drug-likeness (QED) is 0.841. The van der Waals surface area contributed by atoms with E-state index in [-0.39, 0.29) is 19.5 Å². The van der Waals surface area contributed by atoms with Crippen molar-refractivity contribution in [3.05, 3.63) is 53.4 Å². The third-order valence-corrected chi connectivity index (χ3v) is 3.44. The van der Waals surface area contributed by atoms with Gasteiger partial charge in [0.15, 0.2) is 11.6 Å². The topological polar surface area (TPSA) is 75.4 Å². The van der Waals surface area contributed by atoms with E-state index in [9.17, 15) is 18.4 Å². The van der Waals surface area contributed by atoms with Gasteiger partial charge in [-0.3, -0.25) is 14.3 Å². The van der Waals surface area contributed by atoms with Crippen LogP contribution in [-0.4, -0.2) is 38.2 Å². The maximum absolute atomic E-state index is 13.3. The molecule has 128 valence electrons. The third-order valence-electron chi connectivity index (χ3n) is 3.44. The highest BCUT2D eigenvalue weighted by atomic mass is 19.2. The number of halogens is 2. The molecule has 0 fully saturated rings. The smallest absolute Gasteiger partial charge is 0.305 e. The summed E-state index contributed by atoms with van der Waals surface area (Å²) in [6, 6.07) is 3.32. The Labute approximate surface area is 137 Å². The fourth-order valence-corrected chi connectivity index (χ4v) is 2.17. The van der Waals surface area contributed by atoms with Crippen LogP contribution in [0.3, 0.4) is 0 Å². The largest absolute Gasteiger partial charge is 0.481 e. The van der Waals surface area contributed by atoms with Crippen LogP contribution in [0.25, 0.3) is 0 Å². The Morgan fingerprint density at radius 2 is 2.04 bits per heavy atom. The Bertz CT molecular complexity index is 746. The summed E-state index contributed by atoms with van der Waals surface area (Å²) in [5, 5.41) is 12.8. The standard InChI is InChI=1S/C16H17F2N3O3/c1-2-21-10-12(8-19-21)16(24)20(6-5-15(22)23)9-11-3-4-13(17)14(18)7-11/h3-4,7-8,10H,2,5-6,9H2,1H3,(H,22,23). The van der Waals surface area contributed by atoms with Gasteiger partial charge < -0.3 is 10.0 Å². The maximum Gasteiger partial charge on any atom is 0.305 e. The second kappa shape index (κ2) is 7.67. The monoisotopic (exact) mass is 337 g/mol. The fraction of sp³-hybridized carbons (Fsp3) is 0.312. The highest BCUT2D eigenvalue weighted by molar-refractivity contribution is 5.93. The van der Waals surface area contributed by atoms with Crippen molar-refractivity contribution in [2.45, 2.75) is 26.4 Å². The molecule has 0 spiro atoms. The van der Waals surface area contributed by atoms with Crippen molar-refractivity contribution in [2.24, 2.45) is 0 Å². The molecule has 0 radical (unpaired) electrons. The van der Waals surface area contributed by atoms with E-state index in [0.717, 1.165) is 12.1 Å². The first-order valence-corrected chi connectivity index (χ1v) is 7.38. The summed E-state index contributed by atoms with van der Waals surface area (Å²) in [5.41, 5.74) is 0.681. The molecule has 1 N–H and O–H groups in total. The van der Waals surface area contributed by atoms with E-state index in [4.69, 9.17) is 5.11 Å². The number of carbonyl (C=O) groups excluding carboxylic acids is 1. The van der Waals surface area contributed by atoms with Crippen molar-refractivity contribution in [1.29, 1.82) is 0 Å². The molecule has 0 aliphatic heterocycles. The lowest BCUT2D eigenvalue weighted by Crippen LogP contribution is -2.32. The van der Waals surface area contributed by atoms with E-state index in [2.05, 4.69) is 5.10 Å². The molecule has 0 bridgehead atoms. The molecular formula is C16H17F2N3O3. The predicted molar refractivity (Wildman–Crippen MR) is 81.3 cm³/mol. The second-order valence-electron chi connectivity index (χ2n) is 5.20. The Kier molecular flexibility index (Phi) is 5.62. The minimum atomic E-state index is -1.05. The Balaban J connectivity index is 2.20. The highest BCUT2D eigenvalue weighted by Gasteiger charge is 2.19. The van der Waals surface area contributed by atoms with Gasteiger partial charge >= 0.3 is 5.97 Å². The number of hydrogen-bond acceptors (Lipinski definition) is 3. The van der Waals surface area contributed by atoms with Gasteiger partial charge in [0.1, 0.15) is 0 Å². The van der Waals surface area contributed by atoms with Gasteiger partial charge in [0, 0.05) is 25.8 Å². The summed E-state index contributed by atoms with van der Waals surface area (Å²) in [6.45, 7) is 2.38. The van der Waals surface area contributed by atoms with E-state index in [1.807, 2.05) is 6.92 Å². The van der Waals surface area contributed by atoms with E-state index >= 15 is 0 Å². The number of hydrogen-bond donors (Lipinski definition) is 1. The number of amides is 1. The molecule has 0 unspecified atom stereocenters. The van der Waals surface area contributed by atoms with Crippen LogP contribution in [0.4, 0.5) is 8.78 Å². The first kappa shape index (κ1) is 17.6. The molecule has 1 amide bonds. The van der Waals surface area contributed by atoms with Gasteiger partial charge in [0.05, 0.1) is 18.2 Å². The second-order valence-corrected chi connectivity index (χ2v) is 5.20.